The molecule has 2 aromatic heterocycles. The highest BCUT2D eigenvalue weighted by atomic mass is 127. The average molecular weight is 705 g/mol. The average Bonchev–Trinajstić information content (AvgIpc) is 3.21. The third-order valence-electron chi connectivity index (χ3n) is 6.46. The van der Waals surface area contributed by atoms with Gasteiger partial charge in [-0.15, -0.1) is 0 Å². The number of carbonyl (C=O) groups excluding carboxylic acids is 1. The topological polar surface area (TPSA) is 84.7 Å². The molecule has 0 radical (unpaired) electrons. The molecule has 40 heavy (non-hydrogen) atoms. The summed E-state index contributed by atoms with van der Waals surface area (Å²) in [5.74, 6) is 1.75. The van der Waals surface area contributed by atoms with Gasteiger partial charge < -0.3 is 28.9 Å². The SMILES string of the molecule is CC(C)(C)OC(=O)N1CCN(c2cc(N(COCC[Si](C)(C)C)COCC[Si](C)(C)C)n3ncc(I)c3n2)CC1. The van der Waals surface area contributed by atoms with Crippen LogP contribution in [0.3, 0.4) is 0 Å². The number of ether oxygens (including phenoxy) is 3. The molecule has 2 aromatic rings. The van der Waals surface area contributed by atoms with Crippen LogP contribution in [0.4, 0.5) is 16.4 Å². The molecule has 3 rings (SSSR count). The highest BCUT2D eigenvalue weighted by Crippen LogP contribution is 2.26. The number of hydrogen-bond donors (Lipinski definition) is 0. The molecule has 1 aliphatic rings. The monoisotopic (exact) mass is 704 g/mol. The first kappa shape index (κ1) is 33.1. The number of amides is 1. The van der Waals surface area contributed by atoms with Crippen LogP contribution in [0.15, 0.2) is 12.3 Å². The van der Waals surface area contributed by atoms with Crippen LogP contribution in [0.25, 0.3) is 5.65 Å². The van der Waals surface area contributed by atoms with Crippen LogP contribution in [0, 0.1) is 3.57 Å². The molecule has 3 heterocycles. The Kier molecular flexibility index (Phi) is 11.3. The molecule has 0 N–H and O–H groups in total. The smallest absolute Gasteiger partial charge is 0.410 e. The third kappa shape index (κ3) is 10.4. The second-order valence-electron chi connectivity index (χ2n) is 13.9. The first-order chi connectivity index (χ1) is 18.5. The Bertz CT molecular complexity index is 1100. The van der Waals surface area contributed by atoms with E-state index in [9.17, 15) is 4.79 Å². The zero-order valence-electron chi connectivity index (χ0n) is 25.9. The molecule has 1 aliphatic heterocycles. The molecule has 0 saturated carbocycles. The highest BCUT2D eigenvalue weighted by Gasteiger charge is 2.28. The van der Waals surface area contributed by atoms with Crippen molar-refractivity contribution in [3.8, 4) is 0 Å². The molecule has 1 saturated heterocycles. The predicted octanol–water partition coefficient (Wildman–Crippen LogP) is 5.82. The summed E-state index contributed by atoms with van der Waals surface area (Å²) in [6.45, 7) is 24.6. The Morgan fingerprint density at radius 2 is 1.52 bits per heavy atom. The normalized spacial score (nSPS) is 15.2. The maximum Gasteiger partial charge on any atom is 0.410 e. The van der Waals surface area contributed by atoms with Crippen LogP contribution in [0.1, 0.15) is 20.8 Å². The Morgan fingerprint density at radius 3 is 2.02 bits per heavy atom. The number of aromatic nitrogens is 3. The van der Waals surface area contributed by atoms with Gasteiger partial charge in [-0.1, -0.05) is 39.3 Å². The van der Waals surface area contributed by atoms with Crippen molar-refractivity contribution in [3.63, 3.8) is 0 Å². The zero-order chi connectivity index (χ0) is 29.7. The van der Waals surface area contributed by atoms with Crippen molar-refractivity contribution >= 4 is 62.1 Å². The van der Waals surface area contributed by atoms with E-state index in [-0.39, 0.29) is 6.09 Å². The van der Waals surface area contributed by atoms with Crippen molar-refractivity contribution in [1.82, 2.24) is 19.5 Å². The minimum Gasteiger partial charge on any atom is -0.444 e. The van der Waals surface area contributed by atoms with Crippen molar-refractivity contribution < 1.29 is 19.0 Å². The molecule has 1 fully saturated rings. The van der Waals surface area contributed by atoms with Crippen LogP contribution in [-0.2, 0) is 14.2 Å². The van der Waals surface area contributed by atoms with Crippen molar-refractivity contribution in [3.05, 3.63) is 15.8 Å². The first-order valence-corrected chi connectivity index (χ1v) is 22.7. The number of hydrogen-bond acceptors (Lipinski definition) is 8. The van der Waals surface area contributed by atoms with Gasteiger partial charge >= 0.3 is 6.09 Å². The van der Waals surface area contributed by atoms with Gasteiger partial charge in [0.15, 0.2) is 5.65 Å². The second kappa shape index (κ2) is 13.7. The summed E-state index contributed by atoms with van der Waals surface area (Å²) in [5.41, 5.74) is 0.295. The number of piperazine rings is 1. The fourth-order valence-electron chi connectivity index (χ4n) is 4.02. The van der Waals surface area contributed by atoms with Gasteiger partial charge in [0.1, 0.15) is 30.7 Å². The minimum absolute atomic E-state index is 0.265. The quantitative estimate of drug-likeness (QED) is 0.118. The van der Waals surface area contributed by atoms with Gasteiger partial charge in [-0.2, -0.15) is 9.61 Å². The standard InChI is InChI=1S/C27H49IN6O4Si2/c1-27(2,3)38-26(35)32-12-10-31(11-13-32)23-18-24(34-25(30-23)22(28)19-29-34)33(20-36-14-16-39(4,5)6)21-37-15-17-40(7,8)9/h18-19H,10-17,20-21H2,1-9H3. The molecule has 0 unspecified atom stereocenters. The fourth-order valence-corrected chi connectivity index (χ4v) is 6.00. The van der Waals surface area contributed by atoms with Gasteiger partial charge in [0.25, 0.3) is 0 Å². The van der Waals surface area contributed by atoms with Gasteiger partial charge in [-0.05, 0) is 55.5 Å². The third-order valence-corrected chi connectivity index (χ3v) is 10.6. The number of anilines is 2. The summed E-state index contributed by atoms with van der Waals surface area (Å²) >= 11 is 2.29. The molecule has 1 amide bonds. The first-order valence-electron chi connectivity index (χ1n) is 14.2. The maximum absolute atomic E-state index is 12.6. The minimum atomic E-state index is -1.20. The number of nitrogens with zero attached hydrogens (tertiary/aromatic N) is 6. The van der Waals surface area contributed by atoms with Crippen LogP contribution in [0.2, 0.25) is 51.4 Å². The number of halogens is 1. The number of rotatable bonds is 12. The van der Waals surface area contributed by atoms with E-state index in [1.807, 2.05) is 31.5 Å². The summed E-state index contributed by atoms with van der Waals surface area (Å²) in [6.07, 6.45) is 1.58. The van der Waals surface area contributed by atoms with E-state index in [4.69, 9.17) is 19.2 Å². The van der Waals surface area contributed by atoms with E-state index in [0.29, 0.717) is 39.6 Å². The van der Waals surface area contributed by atoms with Crippen LogP contribution in [0.5, 0.6) is 0 Å². The summed E-state index contributed by atoms with van der Waals surface area (Å²) in [4.78, 5) is 23.7. The highest BCUT2D eigenvalue weighted by molar-refractivity contribution is 14.1. The van der Waals surface area contributed by atoms with Crippen LogP contribution in [-0.4, -0.2) is 100 Å². The Hall–Kier alpha value is -1.43. The summed E-state index contributed by atoms with van der Waals surface area (Å²) < 4.78 is 20.8. The number of carbonyl (C=O) groups is 1. The lowest BCUT2D eigenvalue weighted by Crippen LogP contribution is -2.50. The molecule has 0 aromatic carbocycles. The largest absolute Gasteiger partial charge is 0.444 e. The van der Waals surface area contributed by atoms with E-state index in [0.717, 1.165) is 46.2 Å². The van der Waals surface area contributed by atoms with Gasteiger partial charge in [0.05, 0.1) is 9.77 Å². The molecule has 10 nitrogen and oxygen atoms in total. The zero-order valence-corrected chi connectivity index (χ0v) is 30.1. The number of fused-ring (bicyclic) bond motifs is 1. The van der Waals surface area contributed by atoms with Crippen molar-refractivity contribution in [1.29, 1.82) is 0 Å². The molecule has 0 aliphatic carbocycles. The van der Waals surface area contributed by atoms with E-state index in [1.165, 1.54) is 0 Å². The van der Waals surface area contributed by atoms with Crippen LogP contribution < -0.4 is 9.80 Å². The second-order valence-corrected chi connectivity index (χ2v) is 26.3. The van der Waals surface area contributed by atoms with Gasteiger partial charge in [0.2, 0.25) is 0 Å². The summed E-state index contributed by atoms with van der Waals surface area (Å²) in [7, 11) is -2.40. The van der Waals surface area contributed by atoms with Gasteiger partial charge in [0, 0.05) is 61.6 Å². The molecular formula is C27H49IN6O4Si2. The molecule has 0 spiro atoms. The Balaban J connectivity index is 1.81. The molecule has 13 heteroatoms. The lowest BCUT2D eigenvalue weighted by atomic mass is 10.2. The lowest BCUT2D eigenvalue weighted by Gasteiger charge is -2.36. The molecule has 0 atom stereocenters. The predicted molar refractivity (Wildman–Crippen MR) is 176 cm³/mol. The summed E-state index contributed by atoms with van der Waals surface area (Å²) in [5, 5.41) is 4.65. The Morgan fingerprint density at radius 1 is 0.975 bits per heavy atom. The van der Waals surface area contributed by atoms with E-state index in [1.54, 1.807) is 4.90 Å². The molecular weight excluding hydrogens is 655 g/mol. The van der Waals surface area contributed by atoms with E-state index < -0.39 is 21.7 Å². The van der Waals surface area contributed by atoms with Crippen molar-refractivity contribution in [2.24, 2.45) is 0 Å². The van der Waals surface area contributed by atoms with Crippen molar-refractivity contribution in [2.45, 2.75) is 77.7 Å². The molecule has 226 valence electrons. The molecule has 0 bridgehead atoms. The van der Waals surface area contributed by atoms with Crippen molar-refractivity contribution in [2.75, 3.05) is 62.7 Å². The van der Waals surface area contributed by atoms with E-state index in [2.05, 4.69) is 82.8 Å². The summed E-state index contributed by atoms with van der Waals surface area (Å²) in [6, 6.07) is 4.29. The van der Waals surface area contributed by atoms with Gasteiger partial charge in [-0.25, -0.2) is 9.78 Å². The Labute approximate surface area is 255 Å². The maximum atomic E-state index is 12.6. The fraction of sp³-hybridized carbons (Fsp3) is 0.741. The lowest BCUT2D eigenvalue weighted by molar-refractivity contribution is 0.0240. The van der Waals surface area contributed by atoms with Gasteiger partial charge in [-0.3, -0.25) is 0 Å². The van der Waals surface area contributed by atoms with Crippen LogP contribution >= 0.6 is 22.6 Å². The van der Waals surface area contributed by atoms with E-state index >= 15 is 0 Å².